The molecule has 300 valence electrons. The van der Waals surface area contributed by atoms with Gasteiger partial charge >= 0.3 is 12.4 Å². The van der Waals surface area contributed by atoms with Crippen LogP contribution in [0.1, 0.15) is 86.3 Å². The summed E-state index contributed by atoms with van der Waals surface area (Å²) in [7, 11) is 0. The molecule has 0 saturated carbocycles. The Hall–Kier alpha value is -4.43. The highest BCUT2D eigenvalue weighted by Gasteiger charge is 2.41. The number of halogens is 6. The third kappa shape index (κ3) is 9.07. The molecule has 4 aliphatic rings. The number of alkyl halides is 6. The third-order valence-corrected chi connectivity index (χ3v) is 12.0. The number of hydrogen-bond donors (Lipinski definition) is 0. The highest BCUT2D eigenvalue weighted by Crippen LogP contribution is 2.37. The molecule has 0 N–H and O–H groups in total. The molecule has 0 aliphatic carbocycles. The van der Waals surface area contributed by atoms with Crippen LogP contribution in [0.5, 0.6) is 0 Å². The molecular formula is C42H47F6N5O3. The van der Waals surface area contributed by atoms with Crippen LogP contribution in [0.3, 0.4) is 0 Å². The maximum atomic E-state index is 13.8. The Kier molecular flexibility index (Phi) is 11.8. The van der Waals surface area contributed by atoms with E-state index in [9.17, 15) is 40.7 Å². The number of benzene rings is 3. The molecule has 56 heavy (non-hydrogen) atoms. The summed E-state index contributed by atoms with van der Waals surface area (Å²) in [6.07, 6.45) is -4.92. The second-order valence-electron chi connectivity index (χ2n) is 15.5. The van der Waals surface area contributed by atoms with Gasteiger partial charge in [0.1, 0.15) is 0 Å². The van der Waals surface area contributed by atoms with Gasteiger partial charge in [-0.2, -0.15) is 26.3 Å². The molecule has 4 heterocycles. The lowest BCUT2D eigenvalue weighted by atomic mass is 9.90. The molecule has 0 radical (unpaired) electrons. The van der Waals surface area contributed by atoms with Crippen molar-refractivity contribution in [3.63, 3.8) is 0 Å². The third-order valence-electron chi connectivity index (χ3n) is 12.0. The summed E-state index contributed by atoms with van der Waals surface area (Å²) in [5, 5.41) is 0. The second-order valence-corrected chi connectivity index (χ2v) is 15.5. The van der Waals surface area contributed by atoms with Gasteiger partial charge < -0.3 is 14.7 Å². The molecular weight excluding hydrogens is 736 g/mol. The van der Waals surface area contributed by atoms with E-state index in [-0.39, 0.29) is 30.5 Å². The van der Waals surface area contributed by atoms with E-state index in [1.165, 1.54) is 4.90 Å². The smallest absolute Gasteiger partial charge is 0.339 e. The summed E-state index contributed by atoms with van der Waals surface area (Å²) < 4.78 is 82.0. The minimum absolute atomic E-state index is 0.0288. The Bertz CT molecular complexity index is 1830. The predicted molar refractivity (Wildman–Crippen MR) is 198 cm³/mol. The molecule has 2 atom stereocenters. The van der Waals surface area contributed by atoms with Gasteiger partial charge in [-0.05, 0) is 86.9 Å². The van der Waals surface area contributed by atoms with Gasteiger partial charge in [-0.1, -0.05) is 36.4 Å². The Morgan fingerprint density at radius 1 is 0.536 bits per heavy atom. The summed E-state index contributed by atoms with van der Waals surface area (Å²) in [5.41, 5.74) is -1.63. The van der Waals surface area contributed by atoms with Gasteiger partial charge in [0.05, 0.1) is 11.1 Å². The fourth-order valence-corrected chi connectivity index (χ4v) is 8.93. The van der Waals surface area contributed by atoms with Gasteiger partial charge in [-0.3, -0.25) is 24.2 Å². The van der Waals surface area contributed by atoms with Gasteiger partial charge in [0.2, 0.25) is 0 Å². The summed E-state index contributed by atoms with van der Waals surface area (Å²) in [6.45, 7) is 6.18. The van der Waals surface area contributed by atoms with Crippen molar-refractivity contribution in [1.29, 1.82) is 0 Å². The molecule has 2 unspecified atom stereocenters. The number of likely N-dealkylation sites (tertiary alicyclic amines) is 3. The van der Waals surface area contributed by atoms with E-state index in [0.717, 1.165) is 70.5 Å². The van der Waals surface area contributed by atoms with Crippen molar-refractivity contribution < 1.29 is 40.7 Å². The Morgan fingerprint density at radius 2 is 1.05 bits per heavy atom. The molecule has 14 heteroatoms. The fraction of sp³-hybridized carbons (Fsp3) is 0.500. The van der Waals surface area contributed by atoms with Crippen LogP contribution in [0, 0.1) is 0 Å². The Morgan fingerprint density at radius 3 is 1.61 bits per heavy atom. The van der Waals surface area contributed by atoms with Crippen LogP contribution in [0.4, 0.5) is 26.3 Å². The van der Waals surface area contributed by atoms with Crippen LogP contribution in [-0.4, -0.2) is 119 Å². The molecule has 8 nitrogen and oxygen atoms in total. The quantitative estimate of drug-likeness (QED) is 0.240. The number of hydrogen-bond acceptors (Lipinski definition) is 5. The number of piperidine rings is 2. The first-order chi connectivity index (χ1) is 26.7. The van der Waals surface area contributed by atoms with Crippen molar-refractivity contribution in [3.05, 3.63) is 106 Å². The van der Waals surface area contributed by atoms with E-state index in [4.69, 9.17) is 0 Å². The molecule has 3 aromatic rings. The lowest BCUT2D eigenvalue weighted by Crippen LogP contribution is -2.58. The van der Waals surface area contributed by atoms with Gasteiger partial charge in [0, 0.05) is 93.7 Å². The summed E-state index contributed by atoms with van der Waals surface area (Å²) in [5.74, 6) is -0.925. The average Bonchev–Trinajstić information content (AvgIpc) is 3.75. The largest absolute Gasteiger partial charge is 0.416 e. The van der Waals surface area contributed by atoms with Gasteiger partial charge in [0.15, 0.2) is 0 Å². The zero-order chi connectivity index (χ0) is 39.6. The van der Waals surface area contributed by atoms with Crippen LogP contribution in [0.25, 0.3) is 0 Å². The monoisotopic (exact) mass is 783 g/mol. The summed E-state index contributed by atoms with van der Waals surface area (Å²) >= 11 is 0. The van der Waals surface area contributed by atoms with Gasteiger partial charge in [-0.15, -0.1) is 0 Å². The molecule has 4 aliphatic heterocycles. The minimum Gasteiger partial charge on any atom is -0.339 e. The molecule has 4 saturated heterocycles. The van der Waals surface area contributed by atoms with E-state index >= 15 is 0 Å². The summed E-state index contributed by atoms with van der Waals surface area (Å²) in [6, 6.07) is 17.5. The average molecular weight is 784 g/mol. The number of amides is 3. The van der Waals surface area contributed by atoms with E-state index < -0.39 is 41.0 Å². The van der Waals surface area contributed by atoms with Crippen LogP contribution in [0.15, 0.2) is 72.8 Å². The number of piperazine rings is 1. The molecule has 0 spiro atoms. The maximum absolute atomic E-state index is 13.8. The molecule has 4 fully saturated rings. The first-order valence-electron chi connectivity index (χ1n) is 19.6. The minimum atomic E-state index is -5.05. The first kappa shape index (κ1) is 39.8. The number of carbonyl (C=O) groups excluding carboxylic acids is 3. The molecule has 0 aromatic heterocycles. The normalized spacial score (nSPS) is 22.1. The van der Waals surface area contributed by atoms with Crippen LogP contribution in [-0.2, 0) is 18.8 Å². The van der Waals surface area contributed by atoms with E-state index in [0.29, 0.717) is 61.7 Å². The second kappa shape index (κ2) is 16.6. The molecule has 7 rings (SSSR count). The van der Waals surface area contributed by atoms with Crippen molar-refractivity contribution in [1.82, 2.24) is 24.5 Å². The predicted octanol–water partition coefficient (Wildman–Crippen LogP) is 7.10. The van der Waals surface area contributed by atoms with Crippen molar-refractivity contribution in [2.75, 3.05) is 58.9 Å². The molecule has 3 aromatic carbocycles. The number of rotatable bonds is 7. The fourth-order valence-electron chi connectivity index (χ4n) is 8.93. The zero-order valence-corrected chi connectivity index (χ0v) is 31.2. The highest BCUT2D eigenvalue weighted by molar-refractivity contribution is 6.00. The van der Waals surface area contributed by atoms with Crippen molar-refractivity contribution in [2.24, 2.45) is 0 Å². The van der Waals surface area contributed by atoms with Crippen LogP contribution >= 0.6 is 0 Å². The lowest BCUT2D eigenvalue weighted by Gasteiger charge is -2.48. The lowest BCUT2D eigenvalue weighted by molar-refractivity contribution is -0.143. The van der Waals surface area contributed by atoms with Crippen molar-refractivity contribution in [2.45, 2.75) is 75.4 Å². The topological polar surface area (TPSA) is 67.4 Å². The number of carbonyl (C=O) groups is 3. The molecule has 0 bridgehead atoms. The van der Waals surface area contributed by atoms with Crippen molar-refractivity contribution >= 4 is 17.7 Å². The van der Waals surface area contributed by atoms with Crippen molar-refractivity contribution in [3.8, 4) is 0 Å². The van der Waals surface area contributed by atoms with E-state index in [1.807, 2.05) is 40.1 Å². The van der Waals surface area contributed by atoms with E-state index in [2.05, 4.69) is 9.80 Å². The van der Waals surface area contributed by atoms with E-state index in [1.54, 1.807) is 24.3 Å². The van der Waals surface area contributed by atoms with Gasteiger partial charge in [0.25, 0.3) is 17.7 Å². The summed E-state index contributed by atoms with van der Waals surface area (Å²) in [4.78, 5) is 50.2. The zero-order valence-electron chi connectivity index (χ0n) is 31.2. The Labute approximate surface area is 323 Å². The molecule has 3 amide bonds. The van der Waals surface area contributed by atoms with Crippen LogP contribution < -0.4 is 0 Å². The highest BCUT2D eigenvalue weighted by atomic mass is 19.4. The standard InChI is InChI=1S/C42H47F6N5O3/c43-41(44,45)33-25-32(26-34(27-33)42(46,47)48)40(56)53-18-13-36(28-37(53)23-29-7-2-1-3-8-29)50-21-19-49(20-22-50)35-11-16-52(17-12-35)39(55)31-10-6-9-30(24-31)38(54)51-14-4-5-15-51/h1-3,6-10,24-27,35-37H,4-5,11-23,28H2. The SMILES string of the molecule is O=C(c1cccc(C(=O)N2CCC(N3CCN(C4CCN(C(=O)c5cc(C(F)(F)F)cc(C(F)(F)F)c5)C(Cc5ccccc5)C4)CC3)CC2)c1)N1CCCC1. The first-order valence-corrected chi connectivity index (χ1v) is 19.6. The maximum Gasteiger partial charge on any atom is 0.416 e. The van der Waals surface area contributed by atoms with Crippen LogP contribution in [0.2, 0.25) is 0 Å². The van der Waals surface area contributed by atoms with Gasteiger partial charge in [-0.25, -0.2) is 0 Å². The Balaban J connectivity index is 0.961. The number of nitrogens with zero attached hydrogens (tertiary/aromatic N) is 5.